The van der Waals surface area contributed by atoms with Gasteiger partial charge in [-0.15, -0.1) is 0 Å². The van der Waals surface area contributed by atoms with E-state index >= 15 is 0 Å². The molecule has 0 aliphatic heterocycles. The van der Waals surface area contributed by atoms with Gasteiger partial charge in [-0.1, -0.05) is 11.8 Å². The molecule has 0 spiro atoms. The number of carbonyl (C=O) groups is 1. The van der Waals surface area contributed by atoms with Crippen LogP contribution >= 0.6 is 11.8 Å². The van der Waals surface area contributed by atoms with Gasteiger partial charge in [-0.2, -0.15) is 0 Å². The Hall–Kier alpha value is -2.93. The van der Waals surface area contributed by atoms with Gasteiger partial charge in [0.2, 0.25) is 5.91 Å². The van der Waals surface area contributed by atoms with Crippen molar-refractivity contribution in [1.29, 1.82) is 0 Å². The molecule has 27 heavy (non-hydrogen) atoms. The molecule has 2 aromatic carbocycles. The van der Waals surface area contributed by atoms with Crippen LogP contribution in [0.5, 0.6) is 11.5 Å². The van der Waals surface area contributed by atoms with E-state index in [1.807, 2.05) is 66.2 Å². The lowest BCUT2D eigenvalue weighted by molar-refractivity contribution is -0.113. The molecule has 7 heteroatoms. The summed E-state index contributed by atoms with van der Waals surface area (Å²) >= 11 is 1.38. The van der Waals surface area contributed by atoms with Gasteiger partial charge in [0.25, 0.3) is 0 Å². The summed E-state index contributed by atoms with van der Waals surface area (Å²) in [6.45, 7) is 2.55. The molecule has 3 rings (SSSR count). The number of nitrogens with zero attached hydrogens (tertiary/aromatic N) is 2. The Kier molecular flexibility index (Phi) is 6.38. The van der Waals surface area contributed by atoms with E-state index in [4.69, 9.17) is 9.47 Å². The number of amides is 1. The lowest BCUT2D eigenvalue weighted by Crippen LogP contribution is -2.14. The number of aromatic nitrogens is 2. The monoisotopic (exact) mass is 383 g/mol. The van der Waals surface area contributed by atoms with Crippen LogP contribution in [0.4, 0.5) is 5.69 Å². The minimum absolute atomic E-state index is 0.0894. The van der Waals surface area contributed by atoms with Gasteiger partial charge in [0.05, 0.1) is 19.5 Å². The third-order valence-electron chi connectivity index (χ3n) is 3.74. The van der Waals surface area contributed by atoms with E-state index in [1.54, 1.807) is 13.3 Å². The van der Waals surface area contributed by atoms with E-state index in [2.05, 4.69) is 10.3 Å². The molecule has 0 aliphatic carbocycles. The number of nitrogens with one attached hydrogen (secondary N) is 1. The summed E-state index contributed by atoms with van der Waals surface area (Å²) in [5.74, 6) is 1.75. The molecule has 0 saturated carbocycles. The third-order valence-corrected chi connectivity index (χ3v) is 4.71. The maximum absolute atomic E-state index is 12.2. The number of benzene rings is 2. The first kappa shape index (κ1) is 18.8. The van der Waals surface area contributed by atoms with Crippen molar-refractivity contribution in [3.63, 3.8) is 0 Å². The van der Waals surface area contributed by atoms with Crippen LogP contribution in [-0.2, 0) is 4.79 Å². The van der Waals surface area contributed by atoms with Crippen LogP contribution in [0.2, 0.25) is 0 Å². The molecule has 6 nitrogen and oxygen atoms in total. The molecule has 140 valence electrons. The average Bonchev–Trinajstić information content (AvgIpc) is 3.17. The molecule has 0 bridgehead atoms. The Morgan fingerprint density at radius 1 is 1.11 bits per heavy atom. The summed E-state index contributed by atoms with van der Waals surface area (Å²) in [6, 6.07) is 15.0. The van der Waals surface area contributed by atoms with Crippen molar-refractivity contribution in [1.82, 2.24) is 9.55 Å². The van der Waals surface area contributed by atoms with Crippen molar-refractivity contribution < 1.29 is 14.3 Å². The van der Waals surface area contributed by atoms with E-state index in [0.29, 0.717) is 6.61 Å². The summed E-state index contributed by atoms with van der Waals surface area (Å²) in [7, 11) is 1.64. The molecule has 0 aliphatic rings. The molecular weight excluding hydrogens is 362 g/mol. The fraction of sp³-hybridized carbons (Fsp3) is 0.200. The lowest BCUT2D eigenvalue weighted by Gasteiger charge is -2.09. The first-order valence-electron chi connectivity index (χ1n) is 8.53. The number of rotatable bonds is 8. The molecule has 1 aromatic heterocycles. The maximum Gasteiger partial charge on any atom is 0.234 e. The molecular formula is C20H21N3O3S. The van der Waals surface area contributed by atoms with Crippen molar-refractivity contribution in [2.75, 3.05) is 24.8 Å². The maximum atomic E-state index is 12.2. The second-order valence-corrected chi connectivity index (χ2v) is 6.51. The average molecular weight is 383 g/mol. The van der Waals surface area contributed by atoms with Gasteiger partial charge in [-0.05, 0) is 55.5 Å². The number of anilines is 1. The Labute approximate surface area is 162 Å². The number of imidazole rings is 1. The van der Waals surface area contributed by atoms with Crippen LogP contribution in [0, 0.1) is 0 Å². The number of ether oxygens (including phenoxy) is 2. The van der Waals surface area contributed by atoms with Gasteiger partial charge in [0.1, 0.15) is 11.5 Å². The fourth-order valence-corrected chi connectivity index (χ4v) is 3.24. The Balaban J connectivity index is 1.58. The first-order chi connectivity index (χ1) is 13.2. The van der Waals surface area contributed by atoms with Crippen molar-refractivity contribution in [3.05, 3.63) is 60.9 Å². The summed E-state index contributed by atoms with van der Waals surface area (Å²) < 4.78 is 12.5. The fourth-order valence-electron chi connectivity index (χ4n) is 2.46. The highest BCUT2D eigenvalue weighted by Crippen LogP contribution is 2.23. The number of hydrogen-bond acceptors (Lipinski definition) is 5. The molecule has 0 radical (unpaired) electrons. The zero-order valence-corrected chi connectivity index (χ0v) is 16.0. The summed E-state index contributed by atoms with van der Waals surface area (Å²) in [5, 5.41) is 3.63. The number of methoxy groups -OCH3 is 1. The smallest absolute Gasteiger partial charge is 0.234 e. The molecule has 0 fully saturated rings. The summed E-state index contributed by atoms with van der Waals surface area (Å²) in [5.41, 5.74) is 1.70. The van der Waals surface area contributed by atoms with Gasteiger partial charge < -0.3 is 14.8 Å². The van der Waals surface area contributed by atoms with Crippen LogP contribution in [0.25, 0.3) is 5.69 Å². The van der Waals surface area contributed by atoms with Crippen molar-refractivity contribution in [2.24, 2.45) is 0 Å². The zero-order chi connectivity index (χ0) is 19.1. The van der Waals surface area contributed by atoms with Gasteiger partial charge >= 0.3 is 0 Å². The van der Waals surface area contributed by atoms with E-state index in [1.165, 1.54) is 11.8 Å². The normalized spacial score (nSPS) is 10.4. The standard InChI is InChI=1S/C20H21N3O3S/c1-3-26-18-8-4-15(5-9-18)22-19(24)14-27-20-21-12-13-23(20)16-6-10-17(25-2)11-7-16/h4-13H,3,14H2,1-2H3,(H,22,24). The SMILES string of the molecule is CCOc1ccc(NC(=O)CSc2nccn2-c2ccc(OC)cc2)cc1. The van der Waals surface area contributed by atoms with E-state index < -0.39 is 0 Å². The predicted octanol–water partition coefficient (Wildman–Crippen LogP) is 4.01. The largest absolute Gasteiger partial charge is 0.497 e. The van der Waals surface area contributed by atoms with Crippen molar-refractivity contribution in [3.8, 4) is 17.2 Å². The Bertz CT molecular complexity index is 876. The van der Waals surface area contributed by atoms with Crippen molar-refractivity contribution in [2.45, 2.75) is 12.1 Å². The summed E-state index contributed by atoms with van der Waals surface area (Å²) in [4.78, 5) is 16.6. The van der Waals surface area contributed by atoms with Gasteiger partial charge in [0.15, 0.2) is 5.16 Å². The highest BCUT2D eigenvalue weighted by Gasteiger charge is 2.10. The first-order valence-corrected chi connectivity index (χ1v) is 9.51. The van der Waals surface area contributed by atoms with Crippen LogP contribution in [-0.4, -0.2) is 34.9 Å². The second-order valence-electron chi connectivity index (χ2n) is 5.57. The molecule has 0 saturated heterocycles. The van der Waals surface area contributed by atoms with E-state index in [0.717, 1.165) is 28.0 Å². The minimum atomic E-state index is -0.0894. The van der Waals surface area contributed by atoms with E-state index in [-0.39, 0.29) is 11.7 Å². The number of hydrogen-bond donors (Lipinski definition) is 1. The zero-order valence-electron chi connectivity index (χ0n) is 15.2. The minimum Gasteiger partial charge on any atom is -0.497 e. The topological polar surface area (TPSA) is 65.4 Å². The van der Waals surface area contributed by atoms with E-state index in [9.17, 15) is 4.79 Å². The lowest BCUT2D eigenvalue weighted by atomic mass is 10.3. The quantitative estimate of drug-likeness (QED) is 0.596. The Morgan fingerprint density at radius 3 is 2.48 bits per heavy atom. The molecule has 1 heterocycles. The molecule has 3 aromatic rings. The predicted molar refractivity (Wildman–Crippen MR) is 107 cm³/mol. The molecule has 0 unspecified atom stereocenters. The van der Waals surface area contributed by atoms with Crippen LogP contribution in [0.1, 0.15) is 6.92 Å². The van der Waals surface area contributed by atoms with Crippen molar-refractivity contribution >= 4 is 23.4 Å². The van der Waals surface area contributed by atoms with Gasteiger partial charge in [-0.3, -0.25) is 9.36 Å². The summed E-state index contributed by atoms with van der Waals surface area (Å²) in [6.07, 6.45) is 3.59. The van der Waals surface area contributed by atoms with Gasteiger partial charge in [-0.25, -0.2) is 4.98 Å². The molecule has 1 N–H and O–H groups in total. The van der Waals surface area contributed by atoms with Crippen LogP contribution in [0.3, 0.4) is 0 Å². The molecule has 0 atom stereocenters. The van der Waals surface area contributed by atoms with Crippen LogP contribution in [0.15, 0.2) is 66.1 Å². The third kappa shape index (κ3) is 5.04. The highest BCUT2D eigenvalue weighted by atomic mass is 32.2. The van der Waals surface area contributed by atoms with Gasteiger partial charge in [0, 0.05) is 23.8 Å². The van der Waals surface area contributed by atoms with Crippen LogP contribution < -0.4 is 14.8 Å². The number of thioether (sulfide) groups is 1. The molecule has 1 amide bonds. The Morgan fingerprint density at radius 2 is 1.81 bits per heavy atom. The second kappa shape index (κ2) is 9.14. The highest BCUT2D eigenvalue weighted by molar-refractivity contribution is 7.99. The number of carbonyl (C=O) groups excluding carboxylic acids is 1.